The second kappa shape index (κ2) is 10.8. The topological polar surface area (TPSA) is 101 Å². The van der Waals surface area contributed by atoms with Gasteiger partial charge in [0.25, 0.3) is 0 Å². The summed E-state index contributed by atoms with van der Waals surface area (Å²) in [5.41, 5.74) is 4.94. The fraction of sp³-hybridized carbons (Fsp3) is 0.333. The zero-order valence-corrected chi connectivity index (χ0v) is 9.22. The highest BCUT2D eigenvalue weighted by molar-refractivity contribution is 7.80. The van der Waals surface area contributed by atoms with Crippen LogP contribution >= 0.6 is 12.6 Å². The number of hydrogen-bond acceptors (Lipinski definition) is 4. The van der Waals surface area contributed by atoms with E-state index in [4.69, 9.17) is 15.9 Å². The van der Waals surface area contributed by atoms with Crippen LogP contribution in [-0.2, 0) is 9.59 Å². The van der Waals surface area contributed by atoms with Crippen LogP contribution in [0.4, 0.5) is 0 Å². The third kappa shape index (κ3) is 15.5. The Labute approximate surface area is 93.7 Å². The summed E-state index contributed by atoms with van der Waals surface area (Å²) in [5.74, 6) is -1.73. The van der Waals surface area contributed by atoms with Crippen molar-refractivity contribution < 1.29 is 19.8 Å². The first-order valence-corrected chi connectivity index (χ1v) is 4.70. The minimum atomic E-state index is -1.00. The molecule has 0 aromatic rings. The summed E-state index contributed by atoms with van der Waals surface area (Å²) < 4.78 is 0. The third-order valence-corrected chi connectivity index (χ3v) is 1.45. The molecule has 0 saturated heterocycles. The highest BCUT2D eigenvalue weighted by Gasteiger charge is 2.06. The Morgan fingerprint density at radius 1 is 1.40 bits per heavy atom. The number of thiol groups is 1. The molecule has 0 radical (unpaired) electrons. The molecule has 15 heavy (non-hydrogen) atoms. The van der Waals surface area contributed by atoms with Gasteiger partial charge in [0.15, 0.2) is 0 Å². The van der Waals surface area contributed by atoms with E-state index >= 15 is 0 Å². The van der Waals surface area contributed by atoms with Crippen molar-refractivity contribution in [1.29, 1.82) is 0 Å². The lowest BCUT2D eigenvalue weighted by Crippen LogP contribution is -2.31. The molecule has 0 amide bonds. The lowest BCUT2D eigenvalue weighted by atomic mass is 10.4. The van der Waals surface area contributed by atoms with E-state index in [1.807, 2.05) is 6.92 Å². The van der Waals surface area contributed by atoms with Crippen molar-refractivity contribution in [2.45, 2.75) is 13.0 Å². The van der Waals surface area contributed by atoms with Gasteiger partial charge in [-0.05, 0) is 6.92 Å². The fourth-order valence-electron chi connectivity index (χ4n) is 0.327. The number of aliphatic carboxylic acids is 2. The molecule has 0 fully saturated rings. The molecule has 0 aromatic carbocycles. The highest BCUT2D eigenvalue weighted by atomic mass is 32.1. The van der Waals surface area contributed by atoms with Crippen LogP contribution in [0.1, 0.15) is 6.92 Å². The Hall–Kier alpha value is -1.27. The van der Waals surface area contributed by atoms with Gasteiger partial charge in [0.05, 0.1) is 0 Å². The average molecular weight is 233 g/mol. The van der Waals surface area contributed by atoms with Crippen LogP contribution in [0.5, 0.6) is 0 Å². The van der Waals surface area contributed by atoms with E-state index in [9.17, 15) is 9.59 Å². The molecule has 0 unspecified atom stereocenters. The SMILES string of the molecule is C/C=C/C=C/C(=O)O.N[C@@H](CS)C(=O)O. The first-order valence-electron chi connectivity index (χ1n) is 4.07. The van der Waals surface area contributed by atoms with Gasteiger partial charge in [-0.2, -0.15) is 12.6 Å². The predicted molar refractivity (Wildman–Crippen MR) is 61.1 cm³/mol. The van der Waals surface area contributed by atoms with E-state index in [1.165, 1.54) is 6.08 Å². The van der Waals surface area contributed by atoms with Crippen molar-refractivity contribution in [3.8, 4) is 0 Å². The number of rotatable bonds is 4. The summed E-state index contributed by atoms with van der Waals surface area (Å²) in [7, 11) is 0. The van der Waals surface area contributed by atoms with Crippen molar-refractivity contribution in [1.82, 2.24) is 0 Å². The molecular weight excluding hydrogens is 218 g/mol. The van der Waals surface area contributed by atoms with Gasteiger partial charge in [-0.3, -0.25) is 4.79 Å². The fourth-order valence-corrected chi connectivity index (χ4v) is 0.483. The Kier molecular flexibility index (Phi) is 11.7. The molecule has 1 atom stereocenters. The molecular formula is C9H15NO4S. The molecule has 0 rings (SSSR count). The van der Waals surface area contributed by atoms with Crippen LogP contribution in [0.3, 0.4) is 0 Å². The van der Waals surface area contributed by atoms with Crippen molar-refractivity contribution >= 4 is 24.6 Å². The molecule has 0 bridgehead atoms. The maximum atomic E-state index is 9.76. The van der Waals surface area contributed by atoms with Gasteiger partial charge < -0.3 is 15.9 Å². The molecule has 0 aliphatic heterocycles. The number of carboxylic acid groups (broad SMARTS) is 2. The van der Waals surface area contributed by atoms with Crippen LogP contribution < -0.4 is 5.73 Å². The molecule has 4 N–H and O–H groups in total. The molecule has 6 heteroatoms. The maximum Gasteiger partial charge on any atom is 0.328 e. The Balaban J connectivity index is 0. The summed E-state index contributed by atoms with van der Waals surface area (Å²) in [5, 5.41) is 16.0. The molecule has 0 saturated carbocycles. The summed E-state index contributed by atoms with van der Waals surface area (Å²) >= 11 is 3.65. The minimum absolute atomic E-state index is 0.190. The van der Waals surface area contributed by atoms with Crippen molar-refractivity contribution in [2.75, 3.05) is 5.75 Å². The lowest BCUT2D eigenvalue weighted by molar-refractivity contribution is -0.138. The minimum Gasteiger partial charge on any atom is -0.480 e. The van der Waals surface area contributed by atoms with E-state index in [1.54, 1.807) is 12.2 Å². The van der Waals surface area contributed by atoms with Gasteiger partial charge in [0.2, 0.25) is 0 Å². The summed E-state index contributed by atoms with van der Waals surface area (Å²) in [6, 6.07) is -0.816. The van der Waals surface area contributed by atoms with E-state index < -0.39 is 18.0 Å². The van der Waals surface area contributed by atoms with Gasteiger partial charge in [-0.1, -0.05) is 18.2 Å². The summed E-state index contributed by atoms with van der Waals surface area (Å²) in [6.07, 6.45) is 5.98. The van der Waals surface area contributed by atoms with Crippen LogP contribution in [0.25, 0.3) is 0 Å². The quantitative estimate of drug-likeness (QED) is 0.322. The molecule has 0 heterocycles. The number of allylic oxidation sites excluding steroid dienone is 3. The Morgan fingerprint density at radius 2 is 1.93 bits per heavy atom. The maximum absolute atomic E-state index is 9.76. The molecule has 0 aromatic heterocycles. The number of hydrogen-bond donors (Lipinski definition) is 4. The predicted octanol–water partition coefficient (Wildman–Crippen LogP) is 0.531. The lowest BCUT2D eigenvalue weighted by Gasteiger charge is -1.96. The first-order chi connectivity index (χ1) is 6.95. The molecule has 0 spiro atoms. The third-order valence-electron chi connectivity index (χ3n) is 1.06. The van der Waals surface area contributed by atoms with E-state index in [2.05, 4.69) is 12.6 Å². The van der Waals surface area contributed by atoms with Gasteiger partial charge in [0, 0.05) is 11.8 Å². The second-order valence-electron chi connectivity index (χ2n) is 2.35. The van der Waals surface area contributed by atoms with E-state index in [0.29, 0.717) is 0 Å². The average Bonchev–Trinajstić information content (AvgIpc) is 2.17. The highest BCUT2D eigenvalue weighted by Crippen LogP contribution is 1.80. The first kappa shape index (κ1) is 16.2. The van der Waals surface area contributed by atoms with Crippen LogP contribution in [0.15, 0.2) is 24.3 Å². The van der Waals surface area contributed by atoms with Crippen molar-refractivity contribution in [3.63, 3.8) is 0 Å². The standard InChI is InChI=1S/C6H8O2.C3H7NO2S/c1-2-3-4-5-6(7)8;4-2(1-7)3(5)6/h2-5H,1H3,(H,7,8);2,7H,1,4H2,(H,5,6)/b3-2+,5-4+;/t;2-/m.0/s1. The Morgan fingerprint density at radius 3 is 2.13 bits per heavy atom. The second-order valence-corrected chi connectivity index (χ2v) is 2.72. The van der Waals surface area contributed by atoms with Crippen molar-refractivity contribution in [3.05, 3.63) is 24.3 Å². The Bertz CT molecular complexity index is 250. The zero-order valence-electron chi connectivity index (χ0n) is 8.33. The summed E-state index contributed by atoms with van der Waals surface area (Å²) in [4.78, 5) is 19.5. The van der Waals surface area contributed by atoms with E-state index in [0.717, 1.165) is 6.08 Å². The zero-order chi connectivity index (χ0) is 12.3. The van der Waals surface area contributed by atoms with Crippen molar-refractivity contribution in [2.24, 2.45) is 5.73 Å². The van der Waals surface area contributed by atoms with Gasteiger partial charge in [0.1, 0.15) is 6.04 Å². The molecule has 0 aliphatic carbocycles. The smallest absolute Gasteiger partial charge is 0.328 e. The largest absolute Gasteiger partial charge is 0.480 e. The normalized spacial score (nSPS) is 12.2. The van der Waals surface area contributed by atoms with Crippen LogP contribution in [0, 0.1) is 0 Å². The van der Waals surface area contributed by atoms with Gasteiger partial charge >= 0.3 is 11.9 Å². The molecule has 86 valence electrons. The molecule has 5 nitrogen and oxygen atoms in total. The monoisotopic (exact) mass is 233 g/mol. The van der Waals surface area contributed by atoms with Gasteiger partial charge in [-0.15, -0.1) is 0 Å². The number of carbonyl (C=O) groups is 2. The molecule has 0 aliphatic rings. The number of nitrogens with two attached hydrogens (primary N) is 1. The van der Waals surface area contributed by atoms with Crippen LogP contribution in [-0.4, -0.2) is 33.9 Å². The van der Waals surface area contributed by atoms with Crippen LogP contribution in [0.2, 0.25) is 0 Å². The van der Waals surface area contributed by atoms with E-state index in [-0.39, 0.29) is 5.75 Å². The number of carboxylic acids is 2. The summed E-state index contributed by atoms with van der Waals surface area (Å²) in [6.45, 7) is 1.83. The van der Waals surface area contributed by atoms with Gasteiger partial charge in [-0.25, -0.2) is 4.79 Å².